The van der Waals surface area contributed by atoms with Gasteiger partial charge in [-0.25, -0.2) is 4.98 Å². The van der Waals surface area contributed by atoms with Gasteiger partial charge in [0, 0.05) is 18.9 Å². The van der Waals surface area contributed by atoms with Crippen LogP contribution in [0.25, 0.3) is 0 Å². The number of methoxy groups -OCH3 is 3. The van der Waals surface area contributed by atoms with Crippen LogP contribution >= 0.6 is 11.3 Å². The molecule has 1 N–H and O–H groups in total. The van der Waals surface area contributed by atoms with E-state index in [2.05, 4.69) is 10.3 Å². The van der Waals surface area contributed by atoms with Crippen LogP contribution in [-0.2, 0) is 11.3 Å². The number of carbonyl (C=O) groups is 1. The average molecular weight is 322 g/mol. The van der Waals surface area contributed by atoms with Gasteiger partial charge >= 0.3 is 0 Å². The van der Waals surface area contributed by atoms with E-state index in [0.717, 1.165) is 5.01 Å². The van der Waals surface area contributed by atoms with Gasteiger partial charge in [0.2, 0.25) is 0 Å². The molecule has 118 valence electrons. The Balaban J connectivity index is 2.18. The van der Waals surface area contributed by atoms with Crippen LogP contribution in [0.4, 0.5) is 5.69 Å². The summed E-state index contributed by atoms with van der Waals surface area (Å²) in [4.78, 5) is 17.2. The van der Waals surface area contributed by atoms with Crippen LogP contribution in [0.3, 0.4) is 0 Å². The molecule has 2 rings (SSSR count). The lowest BCUT2D eigenvalue weighted by molar-refractivity contribution is 0.103. The Morgan fingerprint density at radius 3 is 2.59 bits per heavy atom. The highest BCUT2D eigenvalue weighted by Crippen LogP contribution is 2.30. The van der Waals surface area contributed by atoms with Crippen molar-refractivity contribution in [1.29, 1.82) is 0 Å². The van der Waals surface area contributed by atoms with Crippen molar-refractivity contribution in [3.05, 3.63) is 33.8 Å². The number of nitrogens with zero attached hydrogens (tertiary/aromatic N) is 1. The standard InChI is InChI=1S/C15H18N2O4S/c1-9-14(22-13(16-9)8-19-2)15(18)17-10-5-6-11(20-3)12(7-10)21-4/h5-7H,8H2,1-4H3,(H,17,18). The monoisotopic (exact) mass is 322 g/mol. The minimum atomic E-state index is -0.204. The molecule has 0 saturated heterocycles. The quantitative estimate of drug-likeness (QED) is 0.885. The minimum absolute atomic E-state index is 0.204. The molecule has 7 heteroatoms. The van der Waals surface area contributed by atoms with Crippen LogP contribution in [0.15, 0.2) is 18.2 Å². The first-order chi connectivity index (χ1) is 10.6. The summed E-state index contributed by atoms with van der Waals surface area (Å²) in [6, 6.07) is 5.21. The Bertz CT molecular complexity index is 670. The van der Waals surface area contributed by atoms with E-state index in [1.165, 1.54) is 11.3 Å². The summed E-state index contributed by atoms with van der Waals surface area (Å²) in [6.07, 6.45) is 0. The molecule has 0 aliphatic carbocycles. The molecule has 0 radical (unpaired) electrons. The zero-order chi connectivity index (χ0) is 16.1. The molecule has 0 fully saturated rings. The molecule has 0 saturated carbocycles. The molecule has 6 nitrogen and oxygen atoms in total. The van der Waals surface area contributed by atoms with Crippen LogP contribution in [0, 0.1) is 6.92 Å². The van der Waals surface area contributed by atoms with Gasteiger partial charge in [-0.15, -0.1) is 11.3 Å². The zero-order valence-corrected chi connectivity index (χ0v) is 13.7. The molecule has 1 aromatic carbocycles. The second kappa shape index (κ2) is 7.24. The summed E-state index contributed by atoms with van der Waals surface area (Å²) in [5, 5.41) is 3.61. The maximum atomic E-state index is 12.4. The minimum Gasteiger partial charge on any atom is -0.493 e. The number of thiazole rings is 1. The Labute approximate surface area is 133 Å². The molecule has 1 heterocycles. The fourth-order valence-corrected chi connectivity index (χ4v) is 2.88. The van der Waals surface area contributed by atoms with E-state index < -0.39 is 0 Å². The molecule has 2 aromatic rings. The summed E-state index contributed by atoms with van der Waals surface area (Å²) < 4.78 is 15.4. The lowest BCUT2D eigenvalue weighted by atomic mass is 10.2. The van der Waals surface area contributed by atoms with Gasteiger partial charge in [0.15, 0.2) is 11.5 Å². The van der Waals surface area contributed by atoms with Crippen molar-refractivity contribution in [3.8, 4) is 11.5 Å². The summed E-state index contributed by atoms with van der Waals surface area (Å²) in [5.74, 6) is 0.961. The van der Waals surface area contributed by atoms with Gasteiger partial charge in [-0.1, -0.05) is 0 Å². The molecule has 0 bridgehead atoms. The number of benzene rings is 1. The topological polar surface area (TPSA) is 69.7 Å². The predicted octanol–water partition coefficient (Wildman–Crippen LogP) is 2.87. The molecule has 22 heavy (non-hydrogen) atoms. The number of carbonyl (C=O) groups excluding carboxylic acids is 1. The van der Waals surface area contributed by atoms with Crippen LogP contribution in [0.2, 0.25) is 0 Å². The number of aryl methyl sites for hydroxylation is 1. The molecule has 0 aliphatic rings. The van der Waals surface area contributed by atoms with E-state index in [-0.39, 0.29) is 5.91 Å². The van der Waals surface area contributed by atoms with Gasteiger partial charge in [-0.05, 0) is 19.1 Å². The maximum absolute atomic E-state index is 12.4. The maximum Gasteiger partial charge on any atom is 0.267 e. The Morgan fingerprint density at radius 2 is 1.95 bits per heavy atom. The molecule has 0 atom stereocenters. The van der Waals surface area contributed by atoms with Gasteiger partial charge in [-0.3, -0.25) is 4.79 Å². The van der Waals surface area contributed by atoms with Gasteiger partial charge in [0.05, 0.1) is 26.5 Å². The first-order valence-electron chi connectivity index (χ1n) is 6.57. The van der Waals surface area contributed by atoms with Crippen molar-refractivity contribution in [2.24, 2.45) is 0 Å². The fraction of sp³-hybridized carbons (Fsp3) is 0.333. The summed E-state index contributed by atoms with van der Waals surface area (Å²) in [6.45, 7) is 2.20. The number of aromatic nitrogens is 1. The first kappa shape index (κ1) is 16.3. The number of amides is 1. The number of anilines is 1. The highest BCUT2D eigenvalue weighted by Gasteiger charge is 2.16. The van der Waals surface area contributed by atoms with E-state index in [1.807, 2.05) is 0 Å². The third kappa shape index (κ3) is 3.55. The molecule has 1 amide bonds. The molecule has 0 unspecified atom stereocenters. The van der Waals surface area contributed by atoms with Crippen molar-refractivity contribution in [2.75, 3.05) is 26.6 Å². The summed E-state index contributed by atoms with van der Waals surface area (Å²) in [5.41, 5.74) is 1.32. The number of nitrogens with one attached hydrogen (secondary N) is 1. The van der Waals surface area contributed by atoms with E-state index in [1.54, 1.807) is 46.5 Å². The predicted molar refractivity (Wildman–Crippen MR) is 85.1 cm³/mol. The fourth-order valence-electron chi connectivity index (χ4n) is 1.95. The van der Waals surface area contributed by atoms with E-state index in [9.17, 15) is 4.79 Å². The van der Waals surface area contributed by atoms with Crippen LogP contribution < -0.4 is 14.8 Å². The van der Waals surface area contributed by atoms with Crippen molar-refractivity contribution in [2.45, 2.75) is 13.5 Å². The van der Waals surface area contributed by atoms with Crippen LogP contribution in [-0.4, -0.2) is 32.2 Å². The third-order valence-electron chi connectivity index (χ3n) is 2.96. The van der Waals surface area contributed by atoms with Gasteiger partial charge < -0.3 is 19.5 Å². The van der Waals surface area contributed by atoms with Crippen molar-refractivity contribution in [1.82, 2.24) is 4.98 Å². The smallest absolute Gasteiger partial charge is 0.267 e. The third-order valence-corrected chi connectivity index (χ3v) is 4.09. The molecular formula is C15H18N2O4S. The Hall–Kier alpha value is -2.12. The van der Waals surface area contributed by atoms with E-state index in [4.69, 9.17) is 14.2 Å². The van der Waals surface area contributed by atoms with Gasteiger partial charge in [0.25, 0.3) is 5.91 Å². The average Bonchev–Trinajstić information content (AvgIpc) is 2.88. The lowest BCUT2D eigenvalue weighted by Crippen LogP contribution is -2.11. The van der Waals surface area contributed by atoms with Crippen molar-refractivity contribution >= 4 is 22.9 Å². The number of rotatable bonds is 6. The van der Waals surface area contributed by atoms with Crippen LogP contribution in [0.5, 0.6) is 11.5 Å². The van der Waals surface area contributed by atoms with Crippen LogP contribution in [0.1, 0.15) is 20.4 Å². The summed E-state index contributed by atoms with van der Waals surface area (Å²) >= 11 is 1.32. The summed E-state index contributed by atoms with van der Waals surface area (Å²) in [7, 11) is 4.71. The normalized spacial score (nSPS) is 10.4. The van der Waals surface area contributed by atoms with E-state index in [0.29, 0.717) is 34.4 Å². The lowest BCUT2D eigenvalue weighted by Gasteiger charge is -2.10. The number of hydrogen-bond donors (Lipinski definition) is 1. The second-order valence-electron chi connectivity index (χ2n) is 4.48. The molecular weight excluding hydrogens is 304 g/mol. The highest BCUT2D eigenvalue weighted by molar-refractivity contribution is 7.13. The number of ether oxygens (including phenoxy) is 3. The Kier molecular flexibility index (Phi) is 5.35. The second-order valence-corrected chi connectivity index (χ2v) is 5.56. The largest absolute Gasteiger partial charge is 0.493 e. The Morgan fingerprint density at radius 1 is 1.23 bits per heavy atom. The molecule has 0 spiro atoms. The van der Waals surface area contributed by atoms with E-state index >= 15 is 0 Å². The highest BCUT2D eigenvalue weighted by atomic mass is 32.1. The number of hydrogen-bond acceptors (Lipinski definition) is 6. The zero-order valence-electron chi connectivity index (χ0n) is 12.9. The van der Waals surface area contributed by atoms with Gasteiger partial charge in [0.1, 0.15) is 9.88 Å². The van der Waals surface area contributed by atoms with Gasteiger partial charge in [-0.2, -0.15) is 0 Å². The first-order valence-corrected chi connectivity index (χ1v) is 7.39. The molecule has 0 aliphatic heterocycles. The van der Waals surface area contributed by atoms with Crippen molar-refractivity contribution < 1.29 is 19.0 Å². The molecule has 1 aromatic heterocycles. The van der Waals surface area contributed by atoms with Crippen molar-refractivity contribution in [3.63, 3.8) is 0 Å². The SMILES string of the molecule is COCc1nc(C)c(C(=O)Nc2ccc(OC)c(OC)c2)s1.